The minimum Gasteiger partial charge on any atom is -0.507 e. The van der Waals surface area contributed by atoms with E-state index in [0.29, 0.717) is 70.8 Å². The summed E-state index contributed by atoms with van der Waals surface area (Å²) in [6.45, 7) is 0. The molecule has 0 unspecified atom stereocenters. The topological polar surface area (TPSA) is 126 Å². The number of pyridine rings is 1. The molecule has 1 heterocycles. The maximum absolute atomic E-state index is 13.9. The fourth-order valence-electron chi connectivity index (χ4n) is 8.58. The molecule has 7 nitrogen and oxygen atoms in total. The van der Waals surface area contributed by atoms with Crippen molar-refractivity contribution in [1.82, 2.24) is 4.98 Å². The fourth-order valence-corrected chi connectivity index (χ4v) is 8.58. The third-order valence-electron chi connectivity index (χ3n) is 10.9. The van der Waals surface area contributed by atoms with Gasteiger partial charge in [-0.15, -0.1) is 0 Å². The fraction of sp³-hybridized carbons (Fsp3) is 0. The molecule has 0 fully saturated rings. The van der Waals surface area contributed by atoms with Crippen molar-refractivity contribution >= 4 is 109 Å². The molecule has 0 atom stereocenters. The van der Waals surface area contributed by atoms with Crippen LogP contribution in [0.15, 0.2) is 126 Å². The summed E-state index contributed by atoms with van der Waals surface area (Å²) in [7, 11) is 0. The van der Waals surface area contributed by atoms with Crippen LogP contribution in [-0.2, 0) is 0 Å². The highest BCUT2D eigenvalue weighted by Crippen LogP contribution is 2.48. The van der Waals surface area contributed by atoms with E-state index in [-0.39, 0.29) is 28.4 Å². The van der Waals surface area contributed by atoms with Gasteiger partial charge in [-0.1, -0.05) is 84.9 Å². The number of aromatic amines is 1. The molecule has 0 bridgehead atoms. The van der Waals surface area contributed by atoms with Crippen LogP contribution in [0, 0.1) is 0 Å². The predicted octanol–water partition coefficient (Wildman–Crippen LogP) is 10.8. The minimum absolute atomic E-state index is 0.0762. The summed E-state index contributed by atoms with van der Waals surface area (Å²) in [6.07, 6.45) is 0. The second kappa shape index (κ2) is 9.93. The zero-order valence-electron chi connectivity index (χ0n) is 27.2. The van der Waals surface area contributed by atoms with E-state index in [9.17, 15) is 25.2 Å². The Bertz CT molecular complexity index is 3460. The highest BCUT2D eigenvalue weighted by Gasteiger charge is 2.21. The molecule has 0 aliphatic rings. The molecule has 11 aromatic rings. The molecule has 1 aromatic heterocycles. The molecule has 11 rings (SSSR count). The quantitative estimate of drug-likeness (QED) is 0.0616. The van der Waals surface area contributed by atoms with Crippen molar-refractivity contribution in [1.29, 1.82) is 0 Å². The monoisotopic (exact) mass is 674 g/mol. The van der Waals surface area contributed by atoms with Crippen molar-refractivity contribution in [2.75, 3.05) is 5.32 Å². The average molecular weight is 675 g/mol. The second-order valence-corrected chi connectivity index (χ2v) is 13.5. The van der Waals surface area contributed by atoms with Crippen LogP contribution >= 0.6 is 0 Å². The lowest BCUT2D eigenvalue weighted by Gasteiger charge is -2.18. The Morgan fingerprint density at radius 2 is 0.942 bits per heavy atom. The second-order valence-electron chi connectivity index (χ2n) is 13.5. The van der Waals surface area contributed by atoms with Crippen molar-refractivity contribution in [3.8, 4) is 23.0 Å². The number of aromatic nitrogens is 1. The number of hydrogen-bond donors (Lipinski definition) is 6. The summed E-state index contributed by atoms with van der Waals surface area (Å²) < 4.78 is 0. The lowest BCUT2D eigenvalue weighted by atomic mass is 9.89. The summed E-state index contributed by atoms with van der Waals surface area (Å²) >= 11 is 0. The van der Waals surface area contributed by atoms with E-state index in [1.807, 2.05) is 84.9 Å². The summed E-state index contributed by atoms with van der Waals surface area (Å²) in [6, 6.07) is 37.3. The van der Waals surface area contributed by atoms with Gasteiger partial charge in [0.1, 0.15) is 23.0 Å². The number of anilines is 2. The molecule has 0 saturated heterocycles. The Morgan fingerprint density at radius 3 is 1.71 bits per heavy atom. The highest BCUT2D eigenvalue weighted by molar-refractivity contribution is 6.34. The summed E-state index contributed by atoms with van der Waals surface area (Å²) in [5.74, 6) is 0.402. The van der Waals surface area contributed by atoms with Crippen molar-refractivity contribution < 1.29 is 20.4 Å². The van der Waals surface area contributed by atoms with Crippen LogP contribution in [0.4, 0.5) is 11.4 Å². The van der Waals surface area contributed by atoms with Gasteiger partial charge < -0.3 is 30.7 Å². The van der Waals surface area contributed by atoms with E-state index in [2.05, 4.69) is 10.3 Å². The lowest BCUT2D eigenvalue weighted by molar-refractivity contribution is 0.478. The first-order chi connectivity index (χ1) is 25.4. The van der Waals surface area contributed by atoms with E-state index in [1.165, 1.54) is 0 Å². The van der Waals surface area contributed by atoms with Gasteiger partial charge in [-0.2, -0.15) is 0 Å². The Morgan fingerprint density at radius 1 is 0.404 bits per heavy atom. The summed E-state index contributed by atoms with van der Waals surface area (Å²) in [4.78, 5) is 17.4. The van der Waals surface area contributed by atoms with Gasteiger partial charge in [0.2, 0.25) is 0 Å². The molecule has 0 spiro atoms. The molecule has 0 aliphatic heterocycles. The number of fused-ring (bicyclic) bond motifs is 9. The first-order valence-electron chi connectivity index (χ1n) is 17.0. The smallest absolute Gasteiger partial charge is 0.196 e. The molecule has 0 aliphatic carbocycles. The summed E-state index contributed by atoms with van der Waals surface area (Å²) in [5.41, 5.74) is 2.63. The SMILES string of the molecule is O=c1c2ccccc2c(O)c2ccc3c4ccc5c(O)c6cc(Nc7cccc8c(O)c9ccccc9c(O)c78)ccc6c6ccc([nH]c3c12)c4c56. The molecule has 6 N–H and O–H groups in total. The van der Waals surface area contributed by atoms with E-state index < -0.39 is 0 Å². The number of H-pyrrole nitrogens is 1. The number of phenols is 4. The van der Waals surface area contributed by atoms with Crippen molar-refractivity contribution in [2.45, 2.75) is 0 Å². The largest absolute Gasteiger partial charge is 0.507 e. The normalized spacial score (nSPS) is 12.2. The van der Waals surface area contributed by atoms with Crippen LogP contribution in [0.2, 0.25) is 0 Å². The van der Waals surface area contributed by atoms with Gasteiger partial charge in [-0.25, -0.2) is 0 Å². The third-order valence-corrected chi connectivity index (χ3v) is 10.9. The van der Waals surface area contributed by atoms with E-state index in [1.54, 1.807) is 36.4 Å². The summed E-state index contributed by atoms with van der Waals surface area (Å²) in [5, 5.41) is 59.9. The van der Waals surface area contributed by atoms with Crippen LogP contribution < -0.4 is 10.7 Å². The molecular weight excluding hydrogens is 649 g/mol. The molecule has 10 aromatic carbocycles. The van der Waals surface area contributed by atoms with Gasteiger partial charge >= 0.3 is 0 Å². The zero-order valence-corrected chi connectivity index (χ0v) is 27.2. The van der Waals surface area contributed by atoms with Crippen LogP contribution in [0.5, 0.6) is 23.0 Å². The highest BCUT2D eigenvalue weighted by atomic mass is 16.3. The van der Waals surface area contributed by atoms with Gasteiger partial charge in [-0.3, -0.25) is 4.79 Å². The number of phenolic OH excluding ortho intramolecular Hbond substituents is 4. The Labute approximate surface area is 293 Å². The first-order valence-corrected chi connectivity index (χ1v) is 17.0. The Hall–Kier alpha value is -7.25. The van der Waals surface area contributed by atoms with Crippen molar-refractivity contribution in [3.05, 3.63) is 132 Å². The zero-order chi connectivity index (χ0) is 35.0. The van der Waals surface area contributed by atoms with E-state index in [0.717, 1.165) is 37.8 Å². The molecule has 7 heteroatoms. The number of nitrogens with one attached hydrogen (secondary N) is 2. The van der Waals surface area contributed by atoms with Crippen LogP contribution in [0.3, 0.4) is 0 Å². The predicted molar refractivity (Wildman–Crippen MR) is 212 cm³/mol. The van der Waals surface area contributed by atoms with Crippen LogP contribution in [0.1, 0.15) is 0 Å². The van der Waals surface area contributed by atoms with Crippen LogP contribution in [-0.4, -0.2) is 25.4 Å². The first kappa shape index (κ1) is 28.6. The maximum atomic E-state index is 13.9. The van der Waals surface area contributed by atoms with Gasteiger partial charge in [0.15, 0.2) is 5.43 Å². The molecule has 0 amide bonds. The molecule has 52 heavy (non-hydrogen) atoms. The van der Waals surface area contributed by atoms with Crippen LogP contribution in [0.25, 0.3) is 97.2 Å². The van der Waals surface area contributed by atoms with E-state index >= 15 is 0 Å². The average Bonchev–Trinajstić information content (AvgIpc) is 3.18. The number of rotatable bonds is 2. The number of benzene rings is 10. The Kier molecular flexibility index (Phi) is 5.45. The van der Waals surface area contributed by atoms with Gasteiger partial charge in [0.05, 0.1) is 22.0 Å². The minimum atomic E-state index is -0.144. The van der Waals surface area contributed by atoms with Crippen molar-refractivity contribution in [2.24, 2.45) is 0 Å². The molecule has 0 saturated carbocycles. The molecule has 246 valence electrons. The van der Waals surface area contributed by atoms with Gasteiger partial charge in [0.25, 0.3) is 0 Å². The third kappa shape index (κ3) is 3.56. The lowest BCUT2D eigenvalue weighted by Crippen LogP contribution is -2.04. The van der Waals surface area contributed by atoms with E-state index in [4.69, 9.17) is 0 Å². The van der Waals surface area contributed by atoms with Crippen molar-refractivity contribution in [3.63, 3.8) is 0 Å². The Balaban J connectivity index is 1.13. The maximum Gasteiger partial charge on any atom is 0.196 e. The number of aromatic hydroxyl groups is 4. The van der Waals surface area contributed by atoms with Gasteiger partial charge in [0, 0.05) is 70.5 Å². The number of hydrogen-bond acceptors (Lipinski definition) is 6. The molecule has 0 radical (unpaired) electrons. The van der Waals surface area contributed by atoms with Gasteiger partial charge in [-0.05, 0) is 52.6 Å². The molecular formula is C45H26N2O5. The standard InChI is InChI=1S/C45H26N2O5/c48-41-26-6-1-3-8-28(26)44(51)38-30(41)10-5-11-34(38)46-21-12-13-22-23-18-19-35-37-24(14-16-31(36(23)37)43(50)33(22)20-21)25-15-17-32-39(40(25)47-35)45(52)29-9-4-2-7-27(29)42(32)49/h1-20,46-51H.